The Labute approximate surface area is 94.4 Å². The molecule has 0 fully saturated rings. The van der Waals surface area contributed by atoms with Crippen LogP contribution in [0.2, 0.25) is 5.02 Å². The molecule has 3 nitrogen and oxygen atoms in total. The van der Waals surface area contributed by atoms with E-state index < -0.39 is 0 Å². The number of pyridine rings is 1. The summed E-state index contributed by atoms with van der Waals surface area (Å²) in [6, 6.07) is 1.87. The van der Waals surface area contributed by atoms with Gasteiger partial charge in [-0.25, -0.2) is 0 Å². The van der Waals surface area contributed by atoms with Crippen molar-refractivity contribution in [3.8, 4) is 0 Å². The molecule has 0 radical (unpaired) electrons. The molecule has 1 aromatic rings. The highest BCUT2D eigenvalue weighted by Gasteiger charge is 2.25. The molecular weight excluding hydrogens is 214 g/mol. The number of fused-ring (bicyclic) bond motifs is 1. The van der Waals surface area contributed by atoms with E-state index in [2.05, 4.69) is 4.98 Å². The van der Waals surface area contributed by atoms with Gasteiger partial charge in [0.05, 0.1) is 10.7 Å². The third-order valence-electron chi connectivity index (χ3n) is 2.17. The average Bonchev–Trinajstić information content (AvgIpc) is 2.64. The van der Waals surface area contributed by atoms with E-state index in [0.29, 0.717) is 11.5 Å². The van der Waals surface area contributed by atoms with E-state index in [1.807, 2.05) is 19.9 Å². The molecule has 0 saturated carbocycles. The van der Waals surface area contributed by atoms with Crippen molar-refractivity contribution in [1.82, 2.24) is 4.98 Å². The number of nitrogens with zero attached hydrogens (tertiary/aromatic N) is 1. The highest BCUT2D eigenvalue weighted by Crippen LogP contribution is 2.32. The molecule has 1 aromatic heterocycles. The highest BCUT2D eigenvalue weighted by molar-refractivity contribution is 6.30. The van der Waals surface area contributed by atoms with E-state index in [0.717, 1.165) is 24.1 Å². The summed E-state index contributed by atoms with van der Waals surface area (Å²) < 4.78 is 4.88. The lowest BCUT2D eigenvalue weighted by Gasteiger charge is -2.07. The SMILES string of the molecule is CC.O=COC1CCc2cc(Cl)cnc21. The molecule has 0 amide bonds. The first-order chi connectivity index (χ1) is 7.31. The molecule has 1 aliphatic rings. The van der Waals surface area contributed by atoms with Crippen molar-refractivity contribution >= 4 is 18.1 Å². The van der Waals surface area contributed by atoms with Crippen LogP contribution < -0.4 is 0 Å². The van der Waals surface area contributed by atoms with Crippen molar-refractivity contribution in [3.05, 3.63) is 28.5 Å². The van der Waals surface area contributed by atoms with Crippen molar-refractivity contribution in [2.45, 2.75) is 32.8 Å². The van der Waals surface area contributed by atoms with Crippen LogP contribution in [0.4, 0.5) is 0 Å². The molecule has 4 heteroatoms. The molecule has 0 saturated heterocycles. The van der Waals surface area contributed by atoms with Crippen LogP contribution in [0, 0.1) is 0 Å². The minimum atomic E-state index is -0.176. The summed E-state index contributed by atoms with van der Waals surface area (Å²) in [4.78, 5) is 14.3. The van der Waals surface area contributed by atoms with Gasteiger partial charge < -0.3 is 4.74 Å². The normalized spacial score (nSPS) is 17.4. The molecule has 1 unspecified atom stereocenters. The number of ether oxygens (including phenoxy) is 1. The molecule has 0 aromatic carbocycles. The Morgan fingerprint density at radius 3 is 3.00 bits per heavy atom. The minimum Gasteiger partial charge on any atom is -0.458 e. The fourth-order valence-corrected chi connectivity index (χ4v) is 1.79. The largest absolute Gasteiger partial charge is 0.458 e. The van der Waals surface area contributed by atoms with E-state index in [1.165, 1.54) is 0 Å². The Bertz CT molecular complexity index is 341. The van der Waals surface area contributed by atoms with Crippen LogP contribution in [0.5, 0.6) is 0 Å². The Morgan fingerprint density at radius 1 is 1.60 bits per heavy atom. The van der Waals surface area contributed by atoms with Gasteiger partial charge in [-0.2, -0.15) is 0 Å². The third-order valence-corrected chi connectivity index (χ3v) is 2.38. The first kappa shape index (κ1) is 12.0. The predicted octanol–water partition coefficient (Wildman–Crippen LogP) is 2.92. The number of carbonyl (C=O) groups is 1. The first-order valence-corrected chi connectivity index (χ1v) is 5.42. The van der Waals surface area contributed by atoms with Gasteiger partial charge in [0.15, 0.2) is 0 Å². The van der Waals surface area contributed by atoms with E-state index in [4.69, 9.17) is 16.3 Å². The van der Waals surface area contributed by atoms with Gasteiger partial charge in [-0.3, -0.25) is 9.78 Å². The standard InChI is InChI=1S/C9H8ClNO2.C2H6/c10-7-3-6-1-2-8(13-5-12)9(6)11-4-7;1-2/h3-5,8H,1-2H2;1-2H3. The predicted molar refractivity (Wildman–Crippen MR) is 58.8 cm³/mol. The van der Waals surface area contributed by atoms with Crippen LogP contribution in [0.3, 0.4) is 0 Å². The second-order valence-corrected chi connectivity index (χ2v) is 3.39. The minimum absolute atomic E-state index is 0.176. The molecule has 1 atom stereocenters. The fraction of sp³-hybridized carbons (Fsp3) is 0.455. The van der Waals surface area contributed by atoms with Crippen molar-refractivity contribution in [2.75, 3.05) is 0 Å². The van der Waals surface area contributed by atoms with Crippen LogP contribution in [-0.2, 0) is 16.0 Å². The summed E-state index contributed by atoms with van der Waals surface area (Å²) in [5, 5.41) is 0.630. The zero-order chi connectivity index (χ0) is 11.3. The summed E-state index contributed by atoms with van der Waals surface area (Å²) >= 11 is 5.78. The van der Waals surface area contributed by atoms with E-state index >= 15 is 0 Å². The second-order valence-electron chi connectivity index (χ2n) is 2.96. The first-order valence-electron chi connectivity index (χ1n) is 5.04. The number of aryl methyl sites for hydroxylation is 1. The maximum atomic E-state index is 10.2. The third kappa shape index (κ3) is 2.69. The fourth-order valence-electron chi connectivity index (χ4n) is 1.60. The number of rotatable bonds is 2. The molecular formula is C11H14ClNO2. The summed E-state index contributed by atoms with van der Waals surface area (Å²) in [5.41, 5.74) is 1.93. The van der Waals surface area contributed by atoms with Gasteiger partial charge >= 0.3 is 0 Å². The number of carbonyl (C=O) groups excluding carboxylic acids is 1. The van der Waals surface area contributed by atoms with Crippen LogP contribution in [0.1, 0.15) is 37.6 Å². The maximum Gasteiger partial charge on any atom is 0.293 e. The quantitative estimate of drug-likeness (QED) is 0.730. The van der Waals surface area contributed by atoms with E-state index in [9.17, 15) is 4.79 Å². The van der Waals surface area contributed by atoms with Gasteiger partial charge in [-0.1, -0.05) is 25.4 Å². The van der Waals surface area contributed by atoms with Gasteiger partial charge in [-0.15, -0.1) is 0 Å². The monoisotopic (exact) mass is 227 g/mol. The van der Waals surface area contributed by atoms with Crippen LogP contribution >= 0.6 is 11.6 Å². The summed E-state index contributed by atoms with van der Waals surface area (Å²) in [6.07, 6.45) is 3.08. The molecule has 0 aliphatic heterocycles. The molecule has 82 valence electrons. The number of hydrogen-bond donors (Lipinski definition) is 0. The Kier molecular flexibility index (Phi) is 4.56. The number of halogens is 1. The van der Waals surface area contributed by atoms with Gasteiger partial charge in [0.2, 0.25) is 0 Å². The van der Waals surface area contributed by atoms with Gasteiger partial charge in [0.1, 0.15) is 6.10 Å². The number of aromatic nitrogens is 1. The van der Waals surface area contributed by atoms with Crippen LogP contribution in [0.25, 0.3) is 0 Å². The molecule has 0 spiro atoms. The molecule has 2 rings (SSSR count). The average molecular weight is 228 g/mol. The van der Waals surface area contributed by atoms with E-state index in [-0.39, 0.29) is 6.10 Å². The maximum absolute atomic E-state index is 10.2. The Hall–Kier alpha value is -1.09. The zero-order valence-electron chi connectivity index (χ0n) is 8.87. The topological polar surface area (TPSA) is 39.2 Å². The lowest BCUT2D eigenvalue weighted by Crippen LogP contribution is -2.00. The summed E-state index contributed by atoms with van der Waals surface area (Å²) in [5.74, 6) is 0. The van der Waals surface area contributed by atoms with Crippen LogP contribution in [-0.4, -0.2) is 11.5 Å². The van der Waals surface area contributed by atoms with Crippen LogP contribution in [0.15, 0.2) is 12.3 Å². The molecule has 1 heterocycles. The number of hydrogen-bond acceptors (Lipinski definition) is 3. The van der Waals surface area contributed by atoms with Crippen molar-refractivity contribution < 1.29 is 9.53 Å². The van der Waals surface area contributed by atoms with Gasteiger partial charge in [0.25, 0.3) is 6.47 Å². The zero-order valence-corrected chi connectivity index (χ0v) is 9.62. The Morgan fingerprint density at radius 2 is 2.33 bits per heavy atom. The highest BCUT2D eigenvalue weighted by atomic mass is 35.5. The lowest BCUT2D eigenvalue weighted by atomic mass is 10.2. The lowest BCUT2D eigenvalue weighted by molar-refractivity contribution is -0.133. The molecule has 0 bridgehead atoms. The summed E-state index contributed by atoms with van der Waals surface area (Å²) in [7, 11) is 0. The van der Waals surface area contributed by atoms with Gasteiger partial charge in [-0.05, 0) is 24.5 Å². The van der Waals surface area contributed by atoms with Crippen molar-refractivity contribution in [1.29, 1.82) is 0 Å². The molecule has 15 heavy (non-hydrogen) atoms. The summed E-state index contributed by atoms with van der Waals surface area (Å²) in [6.45, 7) is 4.47. The van der Waals surface area contributed by atoms with Crippen molar-refractivity contribution in [2.24, 2.45) is 0 Å². The second kappa shape index (κ2) is 5.71. The Balaban J connectivity index is 0.000000531. The molecule has 0 N–H and O–H groups in total. The molecule has 1 aliphatic carbocycles. The van der Waals surface area contributed by atoms with E-state index in [1.54, 1.807) is 6.20 Å². The smallest absolute Gasteiger partial charge is 0.293 e. The van der Waals surface area contributed by atoms with Crippen molar-refractivity contribution in [3.63, 3.8) is 0 Å². The van der Waals surface area contributed by atoms with Gasteiger partial charge in [0, 0.05) is 6.20 Å².